The summed E-state index contributed by atoms with van der Waals surface area (Å²) >= 11 is 0. The van der Waals surface area contributed by atoms with Crippen molar-refractivity contribution in [1.82, 2.24) is 5.32 Å². The largest absolute Gasteiger partial charge is 0.756 e. The maximum atomic E-state index is 12.7. The molecule has 0 radical (unpaired) electrons. The van der Waals surface area contributed by atoms with Crippen LogP contribution in [-0.4, -0.2) is 68.5 Å². The van der Waals surface area contributed by atoms with Crippen molar-refractivity contribution in [2.45, 2.75) is 264 Å². The van der Waals surface area contributed by atoms with E-state index in [0.717, 1.165) is 51.4 Å². The number of nitrogens with one attached hydrogen (secondary N) is 1. The average Bonchev–Trinajstić information content (AvgIpc) is 3.16. The first kappa shape index (κ1) is 56.5. The second kappa shape index (κ2) is 40.9. The van der Waals surface area contributed by atoms with Gasteiger partial charge in [0.25, 0.3) is 7.82 Å². The first-order valence-electron chi connectivity index (χ1n) is 24.9. The number of aliphatic hydroxyl groups excluding tert-OH is 1. The van der Waals surface area contributed by atoms with E-state index in [4.69, 9.17) is 9.05 Å². The molecule has 8 nitrogen and oxygen atoms in total. The second-order valence-electron chi connectivity index (χ2n) is 18.5. The van der Waals surface area contributed by atoms with Crippen LogP contribution in [0.4, 0.5) is 0 Å². The molecule has 2 N–H and O–H groups in total. The van der Waals surface area contributed by atoms with Crippen LogP contribution in [0.1, 0.15) is 251 Å². The van der Waals surface area contributed by atoms with Crippen LogP contribution >= 0.6 is 7.82 Å². The van der Waals surface area contributed by atoms with E-state index in [1.807, 2.05) is 21.1 Å². The first-order chi connectivity index (χ1) is 27.5. The van der Waals surface area contributed by atoms with Gasteiger partial charge in [-0.25, -0.2) is 0 Å². The highest BCUT2D eigenvalue weighted by Gasteiger charge is 2.24. The third-order valence-corrected chi connectivity index (χ3v) is 12.6. The fourth-order valence-corrected chi connectivity index (χ4v) is 8.35. The van der Waals surface area contributed by atoms with Crippen LogP contribution in [-0.2, 0) is 18.4 Å². The molecule has 0 aliphatic heterocycles. The Hall–Kier alpha value is -0.500. The third kappa shape index (κ3) is 43.4. The Bertz CT molecular complexity index is 901. The summed E-state index contributed by atoms with van der Waals surface area (Å²) in [6.45, 7) is 4.65. The molecule has 0 aromatic rings. The summed E-state index contributed by atoms with van der Waals surface area (Å²) in [4.78, 5) is 25.0. The molecule has 9 heteroatoms. The van der Waals surface area contributed by atoms with E-state index in [-0.39, 0.29) is 19.1 Å². The lowest BCUT2D eigenvalue weighted by Crippen LogP contribution is -2.46. The number of hydrogen-bond acceptors (Lipinski definition) is 6. The number of phosphoric acid groups is 1. The maximum absolute atomic E-state index is 12.7. The van der Waals surface area contributed by atoms with Gasteiger partial charge in [0.1, 0.15) is 13.2 Å². The van der Waals surface area contributed by atoms with Gasteiger partial charge >= 0.3 is 0 Å². The van der Waals surface area contributed by atoms with E-state index in [9.17, 15) is 19.4 Å². The van der Waals surface area contributed by atoms with Crippen molar-refractivity contribution in [3.8, 4) is 0 Å². The number of carbonyl (C=O) groups excluding carboxylic acids is 1. The van der Waals surface area contributed by atoms with Gasteiger partial charge in [0, 0.05) is 6.42 Å². The summed E-state index contributed by atoms with van der Waals surface area (Å²) < 4.78 is 23.1. The number of phosphoric ester groups is 1. The molecule has 0 aliphatic carbocycles. The molecule has 3 unspecified atom stereocenters. The van der Waals surface area contributed by atoms with Crippen LogP contribution in [0.25, 0.3) is 0 Å². The van der Waals surface area contributed by atoms with Gasteiger partial charge in [-0.05, 0) is 12.8 Å². The van der Waals surface area contributed by atoms with Gasteiger partial charge in [0.15, 0.2) is 0 Å². The normalized spacial score (nSPS) is 14.2. The van der Waals surface area contributed by atoms with Crippen molar-refractivity contribution in [3.63, 3.8) is 0 Å². The van der Waals surface area contributed by atoms with Gasteiger partial charge in [-0.3, -0.25) is 9.36 Å². The predicted molar refractivity (Wildman–Crippen MR) is 243 cm³/mol. The molecule has 3 atom stereocenters. The summed E-state index contributed by atoms with van der Waals surface area (Å²) in [5, 5.41) is 13.8. The Balaban J connectivity index is 3.83. The Morgan fingerprint density at radius 3 is 1.19 bits per heavy atom. The molecule has 0 aromatic carbocycles. The topological polar surface area (TPSA) is 108 Å². The van der Waals surface area contributed by atoms with E-state index in [1.165, 1.54) is 173 Å². The maximum Gasteiger partial charge on any atom is 0.268 e. The molecule has 0 aliphatic rings. The molecule has 0 fully saturated rings. The molecule has 0 rings (SSSR count). The van der Waals surface area contributed by atoms with Crippen molar-refractivity contribution in [3.05, 3.63) is 0 Å². The molecular weight excluding hydrogens is 732 g/mol. The molecule has 0 bridgehead atoms. The number of quaternary nitrogens is 1. The van der Waals surface area contributed by atoms with E-state index in [0.29, 0.717) is 23.9 Å². The minimum Gasteiger partial charge on any atom is -0.756 e. The Morgan fingerprint density at radius 2 is 0.860 bits per heavy atom. The van der Waals surface area contributed by atoms with Crippen molar-refractivity contribution in [2.75, 3.05) is 40.9 Å². The Labute approximate surface area is 355 Å². The van der Waals surface area contributed by atoms with Crippen molar-refractivity contribution < 1.29 is 32.9 Å². The highest BCUT2D eigenvalue weighted by molar-refractivity contribution is 7.45. The van der Waals surface area contributed by atoms with E-state index >= 15 is 0 Å². The minimum absolute atomic E-state index is 0.0152. The number of unbranched alkanes of at least 4 members (excludes halogenated alkanes) is 33. The molecule has 0 spiro atoms. The SMILES string of the molecule is CCCCCCCCCCCCCCCCCCCCCCCCCCCCCCCCC(O)C(COP(=O)([O-])OCC[N+](C)(C)C)NC(=O)CCCCCCC. The van der Waals surface area contributed by atoms with Gasteiger partial charge in [-0.15, -0.1) is 0 Å². The standard InChI is InChI=1S/C48H99N2O6P/c1-6-8-10-12-13-14-15-16-17-18-19-20-21-22-23-24-25-26-27-28-29-30-31-32-33-34-35-36-38-39-41-47(51)46(49-48(52)42-40-37-11-9-7-2)45-56-57(53,54)55-44-43-50(3,4)5/h46-47,51H,6-45H2,1-5H3,(H-,49,52,53,54). The lowest BCUT2D eigenvalue weighted by Gasteiger charge is -2.30. The zero-order valence-corrected chi connectivity index (χ0v) is 39.7. The van der Waals surface area contributed by atoms with E-state index in [2.05, 4.69) is 19.2 Å². The molecule has 0 saturated heterocycles. The average molecular weight is 831 g/mol. The number of hydrogen-bond donors (Lipinski definition) is 2. The molecule has 0 heterocycles. The lowest BCUT2D eigenvalue weighted by molar-refractivity contribution is -0.870. The lowest BCUT2D eigenvalue weighted by atomic mass is 10.0. The molecule has 342 valence electrons. The van der Waals surface area contributed by atoms with Crippen LogP contribution < -0.4 is 10.2 Å². The van der Waals surface area contributed by atoms with Crippen LogP contribution in [0, 0.1) is 0 Å². The number of amides is 1. The summed E-state index contributed by atoms with van der Waals surface area (Å²) in [6.07, 6.45) is 46.2. The summed E-state index contributed by atoms with van der Waals surface area (Å²) in [6, 6.07) is -0.791. The van der Waals surface area contributed by atoms with Gasteiger partial charge in [-0.2, -0.15) is 0 Å². The van der Waals surface area contributed by atoms with Crippen molar-refractivity contribution in [1.29, 1.82) is 0 Å². The minimum atomic E-state index is -4.55. The van der Waals surface area contributed by atoms with Crippen molar-refractivity contribution in [2.24, 2.45) is 0 Å². The quantitative estimate of drug-likeness (QED) is 0.0359. The molecule has 57 heavy (non-hydrogen) atoms. The van der Waals surface area contributed by atoms with E-state index in [1.54, 1.807) is 0 Å². The predicted octanol–water partition coefficient (Wildman–Crippen LogP) is 13.5. The highest BCUT2D eigenvalue weighted by atomic mass is 31.2. The van der Waals surface area contributed by atoms with Crippen molar-refractivity contribution >= 4 is 13.7 Å². The first-order valence-corrected chi connectivity index (χ1v) is 26.3. The van der Waals surface area contributed by atoms with Gasteiger partial charge < -0.3 is 28.8 Å². The zero-order chi connectivity index (χ0) is 42.1. The number of nitrogens with zero attached hydrogens (tertiary/aromatic N) is 1. The highest BCUT2D eigenvalue weighted by Crippen LogP contribution is 2.38. The summed E-state index contributed by atoms with van der Waals surface area (Å²) in [5.41, 5.74) is 0. The van der Waals surface area contributed by atoms with Crippen LogP contribution in [0.5, 0.6) is 0 Å². The smallest absolute Gasteiger partial charge is 0.268 e. The number of likely N-dealkylation sites (N-methyl/N-ethyl adjacent to an activating group) is 1. The number of rotatable bonds is 46. The molecule has 0 saturated carbocycles. The van der Waals surface area contributed by atoms with Crippen LogP contribution in [0.15, 0.2) is 0 Å². The number of carbonyl (C=O) groups is 1. The fourth-order valence-electron chi connectivity index (χ4n) is 7.63. The van der Waals surface area contributed by atoms with Crippen LogP contribution in [0.3, 0.4) is 0 Å². The zero-order valence-electron chi connectivity index (χ0n) is 38.8. The Kier molecular flexibility index (Phi) is 40.5. The number of aliphatic hydroxyl groups is 1. The summed E-state index contributed by atoms with van der Waals surface area (Å²) in [7, 11) is 1.31. The van der Waals surface area contributed by atoms with Gasteiger partial charge in [0.05, 0.1) is 39.9 Å². The molecular formula is C48H99N2O6P. The Morgan fingerprint density at radius 1 is 0.544 bits per heavy atom. The third-order valence-electron chi connectivity index (χ3n) is 11.6. The van der Waals surface area contributed by atoms with Crippen LogP contribution in [0.2, 0.25) is 0 Å². The summed E-state index contributed by atoms with van der Waals surface area (Å²) in [5.74, 6) is -0.174. The monoisotopic (exact) mass is 831 g/mol. The van der Waals surface area contributed by atoms with Gasteiger partial charge in [0.2, 0.25) is 5.91 Å². The molecule has 1 amide bonds. The van der Waals surface area contributed by atoms with E-state index < -0.39 is 20.0 Å². The second-order valence-corrected chi connectivity index (χ2v) is 19.9. The fraction of sp³-hybridized carbons (Fsp3) is 0.979. The molecule has 0 aromatic heterocycles. The van der Waals surface area contributed by atoms with Gasteiger partial charge in [-0.1, -0.05) is 232 Å².